The molecule has 0 aliphatic carbocycles. The van der Waals surface area contributed by atoms with Gasteiger partial charge in [-0.1, -0.05) is 0 Å². The van der Waals surface area contributed by atoms with Crippen LogP contribution in [0, 0.1) is 0 Å². The van der Waals surface area contributed by atoms with E-state index in [2.05, 4.69) is 35.4 Å². The van der Waals surface area contributed by atoms with E-state index in [4.69, 9.17) is 5.73 Å². The van der Waals surface area contributed by atoms with Gasteiger partial charge in [-0.15, -0.1) is 0 Å². The average molecular weight is 292 g/mol. The summed E-state index contributed by atoms with van der Waals surface area (Å²) in [5.74, 6) is 1.15. The summed E-state index contributed by atoms with van der Waals surface area (Å²) in [5, 5.41) is 10.0. The summed E-state index contributed by atoms with van der Waals surface area (Å²) in [5.41, 5.74) is 4.87. The Bertz CT molecular complexity index is 586. The van der Waals surface area contributed by atoms with Gasteiger partial charge in [-0.25, -0.2) is 9.48 Å². The molecule has 2 aromatic rings. The molecule has 10 heteroatoms. The molecule has 2 heterocycles. The highest BCUT2D eigenvalue weighted by Crippen LogP contribution is 2.08. The van der Waals surface area contributed by atoms with E-state index in [0.29, 0.717) is 30.9 Å². The first-order chi connectivity index (χ1) is 10.2. The predicted molar refractivity (Wildman–Crippen MR) is 75.1 cm³/mol. The summed E-state index contributed by atoms with van der Waals surface area (Å²) in [7, 11) is 0. The molecule has 10 nitrogen and oxygen atoms in total. The minimum Gasteiger partial charge on any atom is -0.448 e. The van der Waals surface area contributed by atoms with Gasteiger partial charge < -0.3 is 21.1 Å². The quantitative estimate of drug-likeness (QED) is 0.607. The van der Waals surface area contributed by atoms with E-state index in [9.17, 15) is 4.79 Å². The van der Waals surface area contributed by atoms with E-state index in [1.165, 1.54) is 4.68 Å². The van der Waals surface area contributed by atoms with Gasteiger partial charge in [0.1, 0.15) is 6.61 Å². The molecule has 0 saturated heterocycles. The van der Waals surface area contributed by atoms with Crippen molar-refractivity contribution >= 4 is 18.0 Å². The Morgan fingerprint density at radius 2 is 2.10 bits per heavy atom. The van der Waals surface area contributed by atoms with Crippen molar-refractivity contribution in [3.63, 3.8) is 0 Å². The molecule has 0 aromatic carbocycles. The summed E-state index contributed by atoms with van der Waals surface area (Å²) < 4.78 is 6.14. The number of nitrogens with zero attached hydrogens (tertiary/aromatic N) is 5. The molecule has 0 radical (unpaired) electrons. The lowest BCUT2D eigenvalue weighted by Crippen LogP contribution is -2.20. The van der Waals surface area contributed by atoms with Crippen LogP contribution in [0.4, 0.5) is 16.7 Å². The molecule has 0 saturated carbocycles. The molecule has 0 aliphatic rings. The molecule has 0 unspecified atom stereocenters. The summed E-state index contributed by atoms with van der Waals surface area (Å²) >= 11 is 0. The predicted octanol–water partition coefficient (Wildman–Crippen LogP) is -0.00370. The van der Waals surface area contributed by atoms with Crippen molar-refractivity contribution in [2.45, 2.75) is 6.92 Å². The standard InChI is InChI=1S/C11H16N8O2/c1-2-13-9-16-10(14-5-7-21-8(12)20)18-11(17-9)19-6-3-4-15-19/h3-4,6H,2,5,7H2,1H3,(H2,12,20)(H2,13,14,16,17,18). The largest absolute Gasteiger partial charge is 0.448 e. The Kier molecular flexibility index (Phi) is 4.85. The average Bonchev–Trinajstić information content (AvgIpc) is 2.98. The minimum absolute atomic E-state index is 0.120. The molecule has 1 amide bonds. The topological polar surface area (TPSA) is 133 Å². The van der Waals surface area contributed by atoms with Gasteiger partial charge in [0, 0.05) is 18.9 Å². The summed E-state index contributed by atoms with van der Waals surface area (Å²) in [6, 6.07) is 1.77. The second-order valence-corrected chi connectivity index (χ2v) is 3.86. The van der Waals surface area contributed by atoms with E-state index >= 15 is 0 Å². The van der Waals surface area contributed by atoms with Crippen LogP contribution in [0.5, 0.6) is 0 Å². The molecule has 2 rings (SSSR count). The SMILES string of the molecule is CCNc1nc(NCCOC(N)=O)nc(-n2cccn2)n1. The summed E-state index contributed by atoms with van der Waals surface area (Å²) in [6.07, 6.45) is 2.54. The molecular weight excluding hydrogens is 276 g/mol. The van der Waals surface area contributed by atoms with Crippen LogP contribution in [0.15, 0.2) is 18.5 Å². The lowest BCUT2D eigenvalue weighted by atomic mass is 10.6. The number of hydrogen-bond donors (Lipinski definition) is 3. The fourth-order valence-electron chi connectivity index (χ4n) is 1.49. The van der Waals surface area contributed by atoms with E-state index in [0.717, 1.165) is 0 Å². The molecule has 112 valence electrons. The molecule has 21 heavy (non-hydrogen) atoms. The minimum atomic E-state index is -0.821. The lowest BCUT2D eigenvalue weighted by Gasteiger charge is -2.09. The molecule has 4 N–H and O–H groups in total. The zero-order valence-electron chi connectivity index (χ0n) is 11.5. The van der Waals surface area contributed by atoms with Crippen LogP contribution in [0.2, 0.25) is 0 Å². The number of nitrogens with two attached hydrogens (primary N) is 1. The highest BCUT2D eigenvalue weighted by atomic mass is 16.5. The van der Waals surface area contributed by atoms with Gasteiger partial charge in [-0.2, -0.15) is 20.1 Å². The highest BCUT2D eigenvalue weighted by Gasteiger charge is 2.08. The van der Waals surface area contributed by atoms with Gasteiger partial charge >= 0.3 is 6.09 Å². The number of aromatic nitrogens is 5. The van der Waals surface area contributed by atoms with E-state index in [1.54, 1.807) is 18.5 Å². The number of nitrogens with one attached hydrogen (secondary N) is 2. The number of anilines is 2. The van der Waals surface area contributed by atoms with Gasteiger partial charge in [0.15, 0.2) is 0 Å². The van der Waals surface area contributed by atoms with E-state index in [1.807, 2.05) is 6.92 Å². The van der Waals surface area contributed by atoms with Gasteiger partial charge in [-0.3, -0.25) is 0 Å². The monoisotopic (exact) mass is 292 g/mol. The lowest BCUT2D eigenvalue weighted by molar-refractivity contribution is 0.161. The maximum Gasteiger partial charge on any atom is 0.404 e. The molecule has 0 fully saturated rings. The Morgan fingerprint density at radius 1 is 1.33 bits per heavy atom. The molecular formula is C11H16N8O2. The van der Waals surface area contributed by atoms with Gasteiger partial charge in [0.25, 0.3) is 5.95 Å². The third-order valence-corrected chi connectivity index (χ3v) is 2.30. The van der Waals surface area contributed by atoms with Crippen molar-refractivity contribution in [1.29, 1.82) is 0 Å². The first kappa shape index (κ1) is 14.5. The fourth-order valence-corrected chi connectivity index (χ4v) is 1.49. The van der Waals surface area contributed by atoms with Crippen LogP contribution in [-0.2, 0) is 4.74 Å². The number of rotatable bonds is 7. The maximum atomic E-state index is 10.5. The van der Waals surface area contributed by atoms with Crippen LogP contribution >= 0.6 is 0 Å². The van der Waals surface area contributed by atoms with Crippen LogP contribution in [-0.4, -0.2) is 50.5 Å². The van der Waals surface area contributed by atoms with Crippen LogP contribution in [0.3, 0.4) is 0 Å². The van der Waals surface area contributed by atoms with E-state index in [-0.39, 0.29) is 6.61 Å². The van der Waals surface area contributed by atoms with E-state index < -0.39 is 6.09 Å². The molecule has 0 aliphatic heterocycles. The number of amides is 1. The smallest absolute Gasteiger partial charge is 0.404 e. The molecule has 0 atom stereocenters. The Balaban J connectivity index is 2.10. The van der Waals surface area contributed by atoms with Gasteiger partial charge in [-0.05, 0) is 13.0 Å². The summed E-state index contributed by atoms with van der Waals surface area (Å²) in [6.45, 7) is 3.06. The van der Waals surface area contributed by atoms with Crippen molar-refractivity contribution in [2.75, 3.05) is 30.3 Å². The van der Waals surface area contributed by atoms with Crippen LogP contribution in [0.1, 0.15) is 6.92 Å². The molecule has 2 aromatic heterocycles. The van der Waals surface area contributed by atoms with Crippen molar-refractivity contribution in [1.82, 2.24) is 24.7 Å². The van der Waals surface area contributed by atoms with Gasteiger partial charge in [0.2, 0.25) is 11.9 Å². The zero-order valence-corrected chi connectivity index (χ0v) is 11.5. The number of ether oxygens (including phenoxy) is 1. The van der Waals surface area contributed by atoms with Crippen molar-refractivity contribution < 1.29 is 9.53 Å². The van der Waals surface area contributed by atoms with Crippen molar-refractivity contribution in [3.05, 3.63) is 18.5 Å². The van der Waals surface area contributed by atoms with Crippen molar-refractivity contribution in [2.24, 2.45) is 5.73 Å². The Hall–Kier alpha value is -2.91. The molecule has 0 bridgehead atoms. The Labute approximate surface area is 120 Å². The third kappa shape index (κ3) is 4.30. The Morgan fingerprint density at radius 3 is 2.71 bits per heavy atom. The number of carbonyl (C=O) groups is 1. The maximum absolute atomic E-state index is 10.5. The molecule has 0 spiro atoms. The summed E-state index contributed by atoms with van der Waals surface area (Å²) in [4.78, 5) is 23.1. The highest BCUT2D eigenvalue weighted by molar-refractivity contribution is 5.64. The first-order valence-electron chi connectivity index (χ1n) is 6.35. The number of primary amides is 1. The zero-order chi connectivity index (χ0) is 15.1. The van der Waals surface area contributed by atoms with Crippen LogP contribution in [0.25, 0.3) is 5.95 Å². The van der Waals surface area contributed by atoms with Crippen molar-refractivity contribution in [3.8, 4) is 5.95 Å². The number of carbonyl (C=O) groups excluding carboxylic acids is 1. The third-order valence-electron chi connectivity index (χ3n) is 2.30. The van der Waals surface area contributed by atoms with Crippen LogP contribution < -0.4 is 16.4 Å². The van der Waals surface area contributed by atoms with Gasteiger partial charge in [0.05, 0.1) is 6.54 Å². The first-order valence-corrected chi connectivity index (χ1v) is 6.35. The normalized spacial score (nSPS) is 10.1. The second-order valence-electron chi connectivity index (χ2n) is 3.86. The number of hydrogen-bond acceptors (Lipinski definition) is 8. The fraction of sp³-hybridized carbons (Fsp3) is 0.364. The second kappa shape index (κ2) is 7.03.